The van der Waals surface area contributed by atoms with Gasteiger partial charge in [-0.1, -0.05) is 41.6 Å². The Hall–Kier alpha value is -3.98. The first-order valence-electron chi connectivity index (χ1n) is 13.1. The number of morpholine rings is 1. The SMILES string of the molecule is CC(=O)N1CCN(c2nc(N3CCOCC3c3ccccc3)c3cc(-c4c(C)noc4C)ccc3n2)CC1. The minimum Gasteiger partial charge on any atom is -0.377 e. The summed E-state index contributed by atoms with van der Waals surface area (Å²) in [5, 5.41) is 5.15. The number of benzene rings is 2. The number of ether oxygens (including phenoxy) is 1. The van der Waals surface area contributed by atoms with E-state index in [1.54, 1.807) is 6.92 Å². The van der Waals surface area contributed by atoms with Crippen LogP contribution in [0, 0.1) is 13.8 Å². The molecular formula is C29H32N6O3. The Morgan fingerprint density at radius 3 is 2.47 bits per heavy atom. The molecule has 0 radical (unpaired) electrons. The summed E-state index contributed by atoms with van der Waals surface area (Å²) in [5.74, 6) is 2.48. The Morgan fingerprint density at radius 2 is 1.76 bits per heavy atom. The fourth-order valence-electron chi connectivity index (χ4n) is 5.54. The second-order valence-corrected chi connectivity index (χ2v) is 9.97. The van der Waals surface area contributed by atoms with Gasteiger partial charge in [-0.2, -0.15) is 4.98 Å². The molecule has 0 saturated carbocycles. The van der Waals surface area contributed by atoms with Crippen LogP contribution in [0.4, 0.5) is 11.8 Å². The topological polar surface area (TPSA) is 87.8 Å². The largest absolute Gasteiger partial charge is 0.377 e. The number of piperazine rings is 1. The van der Waals surface area contributed by atoms with Crippen molar-refractivity contribution in [3.8, 4) is 11.1 Å². The monoisotopic (exact) mass is 512 g/mol. The van der Waals surface area contributed by atoms with E-state index < -0.39 is 0 Å². The molecule has 1 atom stereocenters. The quantitative estimate of drug-likeness (QED) is 0.403. The molecule has 2 aromatic heterocycles. The van der Waals surface area contributed by atoms with Crippen molar-refractivity contribution in [2.75, 3.05) is 55.7 Å². The van der Waals surface area contributed by atoms with Crippen LogP contribution in [0.2, 0.25) is 0 Å². The number of fused-ring (bicyclic) bond motifs is 1. The number of carbonyl (C=O) groups excluding carboxylic acids is 1. The molecular weight excluding hydrogens is 480 g/mol. The normalized spacial score (nSPS) is 18.3. The average molecular weight is 513 g/mol. The Balaban J connectivity index is 1.48. The maximum atomic E-state index is 11.9. The molecule has 9 heteroatoms. The van der Waals surface area contributed by atoms with Crippen molar-refractivity contribution in [3.05, 3.63) is 65.5 Å². The lowest BCUT2D eigenvalue weighted by Gasteiger charge is -2.38. The minimum atomic E-state index is 0.0354. The van der Waals surface area contributed by atoms with Crippen molar-refractivity contribution in [3.63, 3.8) is 0 Å². The van der Waals surface area contributed by atoms with Crippen molar-refractivity contribution in [1.29, 1.82) is 0 Å². The first-order chi connectivity index (χ1) is 18.5. The van der Waals surface area contributed by atoms with Crippen molar-refractivity contribution < 1.29 is 14.1 Å². The van der Waals surface area contributed by atoms with E-state index in [2.05, 4.69) is 57.4 Å². The number of hydrogen-bond acceptors (Lipinski definition) is 8. The van der Waals surface area contributed by atoms with Crippen molar-refractivity contribution in [1.82, 2.24) is 20.0 Å². The molecule has 2 fully saturated rings. The lowest BCUT2D eigenvalue weighted by atomic mass is 10.0. The number of anilines is 2. The molecule has 2 aliphatic rings. The number of amides is 1. The summed E-state index contributed by atoms with van der Waals surface area (Å²) >= 11 is 0. The molecule has 0 spiro atoms. The second kappa shape index (κ2) is 10.1. The molecule has 0 N–H and O–H groups in total. The van der Waals surface area contributed by atoms with Crippen molar-refractivity contribution in [2.24, 2.45) is 0 Å². The molecule has 196 valence electrons. The predicted octanol–water partition coefficient (Wildman–Crippen LogP) is 4.15. The zero-order chi connectivity index (χ0) is 26.2. The summed E-state index contributed by atoms with van der Waals surface area (Å²) in [5.41, 5.74) is 4.97. The minimum absolute atomic E-state index is 0.0354. The fourth-order valence-corrected chi connectivity index (χ4v) is 5.54. The molecule has 2 aliphatic heterocycles. The smallest absolute Gasteiger partial charge is 0.228 e. The van der Waals surface area contributed by atoms with Crippen LogP contribution in [-0.2, 0) is 9.53 Å². The summed E-state index contributed by atoms with van der Waals surface area (Å²) in [7, 11) is 0. The van der Waals surface area contributed by atoms with Crippen molar-refractivity contribution in [2.45, 2.75) is 26.8 Å². The highest BCUT2D eigenvalue weighted by Gasteiger charge is 2.29. The Labute approximate surface area is 222 Å². The zero-order valence-electron chi connectivity index (χ0n) is 22.1. The number of aryl methyl sites for hydroxylation is 2. The van der Waals surface area contributed by atoms with E-state index in [9.17, 15) is 4.79 Å². The highest BCUT2D eigenvalue weighted by Crippen LogP contribution is 2.37. The fraction of sp³-hybridized carbons (Fsp3) is 0.379. The number of hydrogen-bond donors (Lipinski definition) is 0. The molecule has 2 aromatic carbocycles. The Bertz CT molecular complexity index is 1440. The van der Waals surface area contributed by atoms with Gasteiger partial charge < -0.3 is 24.0 Å². The molecule has 1 amide bonds. The van der Waals surface area contributed by atoms with Gasteiger partial charge in [0.2, 0.25) is 11.9 Å². The summed E-state index contributed by atoms with van der Waals surface area (Å²) in [4.78, 5) is 28.5. The maximum Gasteiger partial charge on any atom is 0.228 e. The van der Waals surface area contributed by atoms with Gasteiger partial charge in [-0.05, 0) is 37.1 Å². The number of nitrogens with zero attached hydrogens (tertiary/aromatic N) is 6. The summed E-state index contributed by atoms with van der Waals surface area (Å²) < 4.78 is 11.4. The van der Waals surface area contributed by atoms with Gasteiger partial charge in [0.25, 0.3) is 0 Å². The summed E-state index contributed by atoms with van der Waals surface area (Å²) in [6.45, 7) is 10.2. The molecule has 9 nitrogen and oxygen atoms in total. The molecule has 0 aliphatic carbocycles. The van der Waals surface area contributed by atoms with Crippen LogP contribution in [0.15, 0.2) is 53.1 Å². The van der Waals surface area contributed by atoms with Gasteiger partial charge in [0.1, 0.15) is 11.6 Å². The molecule has 4 heterocycles. The van der Waals surface area contributed by atoms with Gasteiger partial charge in [0.15, 0.2) is 0 Å². The molecule has 2 saturated heterocycles. The highest BCUT2D eigenvalue weighted by molar-refractivity contribution is 5.94. The third kappa shape index (κ3) is 4.47. The lowest BCUT2D eigenvalue weighted by molar-refractivity contribution is -0.129. The first kappa shape index (κ1) is 24.4. The van der Waals surface area contributed by atoms with E-state index in [1.807, 2.05) is 24.8 Å². The van der Waals surface area contributed by atoms with E-state index >= 15 is 0 Å². The highest BCUT2D eigenvalue weighted by atomic mass is 16.5. The predicted molar refractivity (Wildman–Crippen MR) is 146 cm³/mol. The van der Waals surface area contributed by atoms with Gasteiger partial charge >= 0.3 is 0 Å². The van der Waals surface area contributed by atoms with Crippen LogP contribution in [0.25, 0.3) is 22.0 Å². The van der Waals surface area contributed by atoms with Crippen LogP contribution in [0.3, 0.4) is 0 Å². The van der Waals surface area contributed by atoms with Gasteiger partial charge in [0, 0.05) is 50.6 Å². The summed E-state index contributed by atoms with van der Waals surface area (Å²) in [6, 6.07) is 16.8. The van der Waals surface area contributed by atoms with E-state index in [0.717, 1.165) is 45.8 Å². The van der Waals surface area contributed by atoms with Gasteiger partial charge in [-0.15, -0.1) is 0 Å². The Kier molecular flexibility index (Phi) is 6.45. The van der Waals surface area contributed by atoms with Crippen molar-refractivity contribution >= 4 is 28.6 Å². The van der Waals surface area contributed by atoms with Crippen LogP contribution >= 0.6 is 0 Å². The van der Waals surface area contributed by atoms with Crippen LogP contribution in [0.1, 0.15) is 30.0 Å². The van der Waals surface area contributed by atoms with E-state index in [1.165, 1.54) is 5.56 Å². The van der Waals surface area contributed by atoms with Gasteiger partial charge in [-0.25, -0.2) is 4.98 Å². The molecule has 0 bridgehead atoms. The lowest BCUT2D eigenvalue weighted by Crippen LogP contribution is -2.48. The molecule has 38 heavy (non-hydrogen) atoms. The standard InChI is InChI=1S/C29H32N6O3/c1-19-27(20(2)38-32-19)23-9-10-25-24(17-23)28(31-29(30-25)34-13-11-33(12-14-34)21(3)36)35-15-16-37-18-26(35)22-7-5-4-6-8-22/h4-10,17,26H,11-16,18H2,1-3H3. The maximum absolute atomic E-state index is 11.9. The average Bonchev–Trinajstić information content (AvgIpc) is 3.30. The number of carbonyl (C=O) groups is 1. The Morgan fingerprint density at radius 1 is 0.974 bits per heavy atom. The third-order valence-corrected chi connectivity index (χ3v) is 7.58. The third-order valence-electron chi connectivity index (χ3n) is 7.58. The van der Waals surface area contributed by atoms with Crippen LogP contribution in [-0.4, -0.2) is 71.9 Å². The zero-order valence-corrected chi connectivity index (χ0v) is 22.1. The molecule has 4 aromatic rings. The van der Waals surface area contributed by atoms with E-state index in [-0.39, 0.29) is 11.9 Å². The first-order valence-corrected chi connectivity index (χ1v) is 13.1. The number of aromatic nitrogens is 3. The van der Waals surface area contributed by atoms with Crippen LogP contribution < -0.4 is 9.80 Å². The van der Waals surface area contributed by atoms with E-state index in [4.69, 9.17) is 19.2 Å². The second-order valence-electron chi connectivity index (χ2n) is 9.97. The van der Waals surface area contributed by atoms with Gasteiger partial charge in [-0.3, -0.25) is 4.79 Å². The van der Waals surface area contributed by atoms with Crippen LogP contribution in [0.5, 0.6) is 0 Å². The van der Waals surface area contributed by atoms with E-state index in [0.29, 0.717) is 45.3 Å². The van der Waals surface area contributed by atoms with Gasteiger partial charge in [0.05, 0.1) is 30.5 Å². The summed E-state index contributed by atoms with van der Waals surface area (Å²) in [6.07, 6.45) is 0. The molecule has 1 unspecified atom stereocenters. The number of rotatable bonds is 4. The molecule has 6 rings (SSSR count).